The van der Waals surface area contributed by atoms with Gasteiger partial charge in [0.25, 0.3) is 5.91 Å². The van der Waals surface area contributed by atoms with Crippen molar-refractivity contribution in [1.29, 1.82) is 0 Å². The summed E-state index contributed by atoms with van der Waals surface area (Å²) in [5, 5.41) is 7.11. The Labute approximate surface area is 228 Å². The maximum atomic E-state index is 13.6. The number of benzene rings is 2. The van der Waals surface area contributed by atoms with Gasteiger partial charge in [0.1, 0.15) is 5.82 Å². The number of hydrogen-bond acceptors (Lipinski definition) is 4. The number of halogens is 1. The summed E-state index contributed by atoms with van der Waals surface area (Å²) >= 11 is 0. The van der Waals surface area contributed by atoms with Gasteiger partial charge in [-0.05, 0) is 85.8 Å². The average molecular weight is 525 g/mol. The highest BCUT2D eigenvalue weighted by Crippen LogP contribution is 2.57. The van der Waals surface area contributed by atoms with Gasteiger partial charge in [0.2, 0.25) is 5.91 Å². The van der Waals surface area contributed by atoms with Gasteiger partial charge in [-0.15, -0.1) is 0 Å². The number of hydrogen-bond donors (Lipinski definition) is 2. The first-order valence-corrected chi connectivity index (χ1v) is 14.0. The molecule has 7 heteroatoms. The van der Waals surface area contributed by atoms with Crippen LogP contribution in [-0.4, -0.2) is 39.3 Å². The fourth-order valence-corrected chi connectivity index (χ4v) is 8.15. The van der Waals surface area contributed by atoms with Crippen molar-refractivity contribution in [3.8, 4) is 11.3 Å². The Morgan fingerprint density at radius 2 is 1.67 bits per heavy atom. The lowest BCUT2D eigenvalue weighted by Gasteiger charge is -2.62. The summed E-state index contributed by atoms with van der Waals surface area (Å²) in [4.78, 5) is 32.9. The molecule has 2 unspecified atom stereocenters. The Morgan fingerprint density at radius 3 is 2.41 bits per heavy atom. The van der Waals surface area contributed by atoms with E-state index in [4.69, 9.17) is 0 Å². The number of rotatable bonds is 6. The molecule has 2 N–H and O–H groups in total. The Bertz CT molecular complexity index is 1410. The van der Waals surface area contributed by atoms with E-state index in [1.54, 1.807) is 17.2 Å². The van der Waals surface area contributed by atoms with Crippen LogP contribution < -0.4 is 10.6 Å². The van der Waals surface area contributed by atoms with Crippen LogP contribution in [0.25, 0.3) is 11.3 Å². The molecule has 5 aliphatic rings. The first kappa shape index (κ1) is 24.5. The molecular weight excluding hydrogens is 491 g/mol. The lowest BCUT2D eigenvalue weighted by atomic mass is 9.50. The number of pyridine rings is 1. The average Bonchev–Trinajstić information content (AvgIpc) is 3.35. The normalized spacial score (nSPS) is 28.4. The topological polar surface area (TPSA) is 74.3 Å². The zero-order valence-corrected chi connectivity index (χ0v) is 22.0. The standard InChI is InChI=1S/C32H33FN4O2/c33-27-8-6-25-18-37(19-26(25)11-27)29(38)17-35-31-12-21-10-22(13-31)15-32(14-21,20-31)36-30(39)24-7-9-28(34-16-24)23-4-2-1-3-5-23/h1-9,11,16,21-22,35H,10,12-15,17-20H2,(H,36,39). The van der Waals surface area contributed by atoms with Crippen molar-refractivity contribution in [3.63, 3.8) is 0 Å². The number of carbonyl (C=O) groups excluding carboxylic acids is 2. The minimum atomic E-state index is -0.259. The quantitative estimate of drug-likeness (QED) is 0.484. The second-order valence-electron chi connectivity index (χ2n) is 12.3. The molecule has 4 aliphatic carbocycles. The minimum absolute atomic E-state index is 0.0463. The van der Waals surface area contributed by atoms with Gasteiger partial charge in [-0.25, -0.2) is 4.39 Å². The second-order valence-corrected chi connectivity index (χ2v) is 12.3. The van der Waals surface area contributed by atoms with E-state index in [9.17, 15) is 14.0 Å². The van der Waals surface area contributed by atoms with E-state index < -0.39 is 0 Å². The van der Waals surface area contributed by atoms with Crippen molar-refractivity contribution in [2.75, 3.05) is 6.54 Å². The number of fused-ring (bicyclic) bond motifs is 1. The van der Waals surface area contributed by atoms with E-state index in [0.717, 1.165) is 54.5 Å². The molecule has 6 nitrogen and oxygen atoms in total. The van der Waals surface area contributed by atoms with E-state index in [0.29, 0.717) is 30.5 Å². The van der Waals surface area contributed by atoms with Crippen molar-refractivity contribution in [2.45, 2.75) is 62.7 Å². The molecule has 2 aromatic carbocycles. The van der Waals surface area contributed by atoms with Crippen LogP contribution in [0.5, 0.6) is 0 Å². The highest BCUT2D eigenvalue weighted by Gasteiger charge is 2.58. The molecule has 8 rings (SSSR count). The molecule has 39 heavy (non-hydrogen) atoms. The van der Waals surface area contributed by atoms with E-state index in [-0.39, 0.29) is 35.3 Å². The summed E-state index contributed by atoms with van der Waals surface area (Å²) in [6.07, 6.45) is 7.80. The zero-order chi connectivity index (χ0) is 26.6. The molecule has 4 fully saturated rings. The Balaban J connectivity index is 1.02. The van der Waals surface area contributed by atoms with Crippen molar-refractivity contribution >= 4 is 11.8 Å². The molecule has 2 atom stereocenters. The van der Waals surface area contributed by atoms with Gasteiger partial charge in [-0.1, -0.05) is 36.4 Å². The summed E-state index contributed by atoms with van der Waals surface area (Å²) in [6, 6.07) is 18.5. The van der Waals surface area contributed by atoms with Crippen LogP contribution in [0.4, 0.5) is 4.39 Å². The molecule has 1 aromatic heterocycles. The molecule has 4 saturated carbocycles. The molecule has 2 heterocycles. The fraction of sp³-hybridized carbons (Fsp3) is 0.406. The maximum absolute atomic E-state index is 13.6. The maximum Gasteiger partial charge on any atom is 0.253 e. The summed E-state index contributed by atoms with van der Waals surface area (Å²) in [7, 11) is 0. The van der Waals surface area contributed by atoms with Crippen LogP contribution in [0.3, 0.4) is 0 Å². The third-order valence-corrected chi connectivity index (χ3v) is 9.39. The van der Waals surface area contributed by atoms with Crippen molar-refractivity contribution in [3.05, 3.63) is 89.4 Å². The van der Waals surface area contributed by atoms with Crippen molar-refractivity contribution in [2.24, 2.45) is 11.8 Å². The van der Waals surface area contributed by atoms with Crippen molar-refractivity contribution < 1.29 is 14.0 Å². The van der Waals surface area contributed by atoms with Gasteiger partial charge in [-0.2, -0.15) is 0 Å². The van der Waals surface area contributed by atoms with E-state index >= 15 is 0 Å². The van der Waals surface area contributed by atoms with Crippen LogP contribution in [0, 0.1) is 17.7 Å². The number of amides is 2. The molecular formula is C32H33FN4O2. The first-order valence-electron chi connectivity index (χ1n) is 14.0. The number of nitrogens with zero attached hydrogens (tertiary/aromatic N) is 2. The molecule has 200 valence electrons. The third-order valence-electron chi connectivity index (χ3n) is 9.39. The van der Waals surface area contributed by atoms with Gasteiger partial charge in [0.05, 0.1) is 17.8 Å². The van der Waals surface area contributed by atoms with E-state index in [2.05, 4.69) is 15.6 Å². The van der Waals surface area contributed by atoms with Crippen LogP contribution >= 0.6 is 0 Å². The zero-order valence-electron chi connectivity index (χ0n) is 22.0. The predicted molar refractivity (Wildman–Crippen MR) is 146 cm³/mol. The van der Waals surface area contributed by atoms with Gasteiger partial charge in [0.15, 0.2) is 0 Å². The van der Waals surface area contributed by atoms with E-state index in [1.165, 1.54) is 18.6 Å². The highest BCUT2D eigenvalue weighted by atomic mass is 19.1. The lowest BCUT2D eigenvalue weighted by Crippen LogP contribution is -2.69. The smallest absolute Gasteiger partial charge is 0.253 e. The first-order chi connectivity index (χ1) is 18.9. The Hall–Kier alpha value is -3.58. The summed E-state index contributed by atoms with van der Waals surface area (Å²) < 4.78 is 13.6. The number of aromatic nitrogens is 1. The van der Waals surface area contributed by atoms with Crippen LogP contribution in [0.2, 0.25) is 0 Å². The lowest BCUT2D eigenvalue weighted by molar-refractivity contribution is -0.132. The fourth-order valence-electron chi connectivity index (χ4n) is 8.15. The van der Waals surface area contributed by atoms with Gasteiger partial charge in [0, 0.05) is 35.9 Å². The molecule has 3 aromatic rings. The molecule has 0 saturated heterocycles. The van der Waals surface area contributed by atoms with Crippen LogP contribution in [0.1, 0.15) is 60.0 Å². The summed E-state index contributed by atoms with van der Waals surface area (Å²) in [5.74, 6) is 0.811. The monoisotopic (exact) mass is 524 g/mol. The largest absolute Gasteiger partial charge is 0.346 e. The second kappa shape index (κ2) is 9.26. The van der Waals surface area contributed by atoms with E-state index in [1.807, 2.05) is 42.5 Å². The summed E-state index contributed by atoms with van der Waals surface area (Å²) in [5.41, 5.74) is 3.98. The molecule has 1 aliphatic heterocycles. The van der Waals surface area contributed by atoms with Crippen molar-refractivity contribution in [1.82, 2.24) is 20.5 Å². The highest BCUT2D eigenvalue weighted by molar-refractivity contribution is 5.94. The Kier molecular flexibility index (Phi) is 5.81. The number of carbonyl (C=O) groups is 2. The molecule has 2 amide bonds. The Morgan fingerprint density at radius 1 is 0.923 bits per heavy atom. The molecule has 4 bridgehead atoms. The third kappa shape index (κ3) is 4.63. The minimum Gasteiger partial charge on any atom is -0.346 e. The van der Waals surface area contributed by atoms with Crippen LogP contribution in [0.15, 0.2) is 66.9 Å². The van der Waals surface area contributed by atoms with Crippen LogP contribution in [-0.2, 0) is 17.9 Å². The molecule has 0 spiro atoms. The predicted octanol–water partition coefficient (Wildman–Crippen LogP) is 4.84. The molecule has 0 radical (unpaired) electrons. The van der Waals surface area contributed by atoms with Gasteiger partial charge in [-0.3, -0.25) is 14.6 Å². The van der Waals surface area contributed by atoms with Gasteiger partial charge < -0.3 is 15.5 Å². The van der Waals surface area contributed by atoms with Gasteiger partial charge >= 0.3 is 0 Å². The summed E-state index contributed by atoms with van der Waals surface area (Å²) in [6.45, 7) is 1.26. The SMILES string of the molecule is O=C(NC12CC3CC(CC(NCC(=O)N4Cc5ccc(F)cc5C4)(C3)C1)C2)c1ccc(-c2ccccc2)nc1. The number of nitrogens with one attached hydrogen (secondary N) is 2.